The van der Waals surface area contributed by atoms with E-state index in [1.165, 1.54) is 25.7 Å². The molecular weight excluding hydrogens is 280 g/mol. The molecule has 2 unspecified atom stereocenters. The van der Waals surface area contributed by atoms with Gasteiger partial charge in [-0.3, -0.25) is 5.41 Å². The lowest BCUT2D eigenvalue weighted by Crippen LogP contribution is -2.21. The molecule has 0 amide bonds. The topological polar surface area (TPSA) is 75.7 Å². The normalized spacial score (nSPS) is 22.2. The lowest BCUT2D eigenvalue weighted by atomic mass is 9.91. The maximum absolute atomic E-state index is 7.95. The smallest absolute Gasteiger partial charge is 0.130 e. The van der Waals surface area contributed by atoms with E-state index in [4.69, 9.17) is 11.1 Å². The Kier molecular flexibility index (Phi) is 5.62. The Bertz CT molecular complexity index is 515. The van der Waals surface area contributed by atoms with Crippen LogP contribution in [0.25, 0.3) is 0 Å². The molecule has 3 N–H and O–H groups in total. The van der Waals surface area contributed by atoms with Crippen LogP contribution in [0, 0.1) is 11.3 Å². The van der Waals surface area contributed by atoms with E-state index < -0.39 is 0 Å². The number of nitrogens with zero attached hydrogens (tertiary/aromatic N) is 2. The first-order chi connectivity index (χ1) is 10.1. The third-order valence-corrected chi connectivity index (χ3v) is 5.52. The fourth-order valence-corrected chi connectivity index (χ4v) is 4.62. The third kappa shape index (κ3) is 3.76. The minimum Gasteiger partial charge on any atom is -0.384 e. The summed E-state index contributed by atoms with van der Waals surface area (Å²) in [5, 5.41) is 18.1. The standard InChI is InChI=1S/C16H26N4S/c1-4-12-13(5-2)19-20-16(14(12)15(17)18)21-11-8-6-7-10(3)9-11/h10-11H,4-9H2,1-3H3,(H3,17,18). The summed E-state index contributed by atoms with van der Waals surface area (Å²) < 4.78 is 0. The number of nitrogens with one attached hydrogen (secondary N) is 1. The highest BCUT2D eigenvalue weighted by atomic mass is 32.2. The Labute approximate surface area is 131 Å². The molecule has 0 spiro atoms. The fraction of sp³-hybridized carbons (Fsp3) is 0.688. The van der Waals surface area contributed by atoms with Crippen molar-refractivity contribution in [2.75, 3.05) is 0 Å². The molecule has 1 heterocycles. The molecule has 116 valence electrons. The number of hydrogen-bond donors (Lipinski definition) is 2. The summed E-state index contributed by atoms with van der Waals surface area (Å²) in [6, 6.07) is 0. The average Bonchev–Trinajstić information content (AvgIpc) is 2.46. The molecule has 0 radical (unpaired) electrons. The summed E-state index contributed by atoms with van der Waals surface area (Å²) in [4.78, 5) is 0. The number of rotatable bonds is 5. The highest BCUT2D eigenvalue weighted by Gasteiger charge is 2.24. The van der Waals surface area contributed by atoms with Crippen molar-refractivity contribution < 1.29 is 0 Å². The van der Waals surface area contributed by atoms with Crippen molar-refractivity contribution in [3.63, 3.8) is 0 Å². The van der Waals surface area contributed by atoms with E-state index in [9.17, 15) is 0 Å². The molecule has 21 heavy (non-hydrogen) atoms. The zero-order chi connectivity index (χ0) is 15.4. The van der Waals surface area contributed by atoms with Crippen LogP contribution in [-0.2, 0) is 12.8 Å². The molecule has 1 aliphatic rings. The van der Waals surface area contributed by atoms with E-state index >= 15 is 0 Å². The van der Waals surface area contributed by atoms with Gasteiger partial charge in [-0.1, -0.05) is 33.6 Å². The van der Waals surface area contributed by atoms with Gasteiger partial charge in [0.15, 0.2) is 0 Å². The second-order valence-corrected chi connectivity index (χ2v) is 7.23. The molecule has 1 fully saturated rings. The van der Waals surface area contributed by atoms with Gasteiger partial charge in [0.2, 0.25) is 0 Å². The van der Waals surface area contributed by atoms with Crippen molar-refractivity contribution in [3.8, 4) is 0 Å². The highest BCUT2D eigenvalue weighted by molar-refractivity contribution is 7.99. The number of aromatic nitrogens is 2. The molecule has 2 atom stereocenters. The SMILES string of the molecule is CCc1nnc(SC2CCCC(C)C2)c(C(=N)N)c1CC. The van der Waals surface area contributed by atoms with Gasteiger partial charge in [0.25, 0.3) is 0 Å². The van der Waals surface area contributed by atoms with Crippen molar-refractivity contribution in [1.82, 2.24) is 10.2 Å². The molecule has 1 saturated carbocycles. The van der Waals surface area contributed by atoms with Crippen LogP contribution in [0.4, 0.5) is 0 Å². The van der Waals surface area contributed by atoms with Crippen molar-refractivity contribution >= 4 is 17.6 Å². The maximum atomic E-state index is 7.95. The molecule has 4 nitrogen and oxygen atoms in total. The minimum atomic E-state index is 0.128. The van der Waals surface area contributed by atoms with E-state index in [1.54, 1.807) is 11.8 Å². The van der Waals surface area contributed by atoms with Crippen LogP contribution in [0.15, 0.2) is 5.03 Å². The number of hydrogen-bond acceptors (Lipinski definition) is 4. The predicted octanol–water partition coefficient (Wildman–Crippen LogP) is 3.56. The Morgan fingerprint density at radius 3 is 2.62 bits per heavy atom. The molecule has 1 aliphatic carbocycles. The van der Waals surface area contributed by atoms with Crippen LogP contribution >= 0.6 is 11.8 Å². The van der Waals surface area contributed by atoms with E-state index in [2.05, 4.69) is 31.0 Å². The zero-order valence-electron chi connectivity index (χ0n) is 13.3. The number of aryl methyl sites for hydroxylation is 1. The van der Waals surface area contributed by atoms with Crippen LogP contribution in [0.5, 0.6) is 0 Å². The van der Waals surface area contributed by atoms with Crippen molar-refractivity contribution in [3.05, 3.63) is 16.8 Å². The summed E-state index contributed by atoms with van der Waals surface area (Å²) in [7, 11) is 0. The van der Waals surface area contributed by atoms with Crippen LogP contribution in [0.1, 0.15) is 63.3 Å². The Morgan fingerprint density at radius 1 is 1.29 bits per heavy atom. The van der Waals surface area contributed by atoms with Gasteiger partial charge in [-0.15, -0.1) is 16.9 Å². The fourth-order valence-electron chi connectivity index (χ4n) is 3.16. The number of thioether (sulfide) groups is 1. The second-order valence-electron chi connectivity index (χ2n) is 5.94. The molecule has 2 rings (SSSR count). The quantitative estimate of drug-likeness (QED) is 0.644. The molecule has 5 heteroatoms. The molecule has 0 aliphatic heterocycles. The Hall–Kier alpha value is -1.10. The number of amidine groups is 1. The summed E-state index contributed by atoms with van der Waals surface area (Å²) >= 11 is 1.78. The van der Waals surface area contributed by atoms with Crippen molar-refractivity contribution in [2.45, 2.75) is 69.6 Å². The maximum Gasteiger partial charge on any atom is 0.130 e. The molecule has 1 aromatic rings. The van der Waals surface area contributed by atoms with Gasteiger partial charge in [0.05, 0.1) is 11.3 Å². The number of nitrogen functional groups attached to an aromatic ring is 1. The second kappa shape index (κ2) is 7.25. The van der Waals surface area contributed by atoms with Gasteiger partial charge in [-0.25, -0.2) is 0 Å². The van der Waals surface area contributed by atoms with Gasteiger partial charge in [-0.2, -0.15) is 5.10 Å². The Balaban J connectivity index is 2.32. The van der Waals surface area contributed by atoms with Crippen LogP contribution in [0.2, 0.25) is 0 Å². The summed E-state index contributed by atoms with van der Waals surface area (Å²) in [6.07, 6.45) is 6.75. The summed E-state index contributed by atoms with van der Waals surface area (Å²) in [6.45, 7) is 6.49. The van der Waals surface area contributed by atoms with Crippen LogP contribution in [0.3, 0.4) is 0 Å². The lowest BCUT2D eigenvalue weighted by molar-refractivity contribution is 0.394. The average molecular weight is 306 g/mol. The van der Waals surface area contributed by atoms with E-state index in [1.807, 2.05) is 0 Å². The molecule has 0 bridgehead atoms. The first-order valence-corrected chi connectivity index (χ1v) is 8.84. The van der Waals surface area contributed by atoms with Crippen LogP contribution in [-0.4, -0.2) is 21.3 Å². The van der Waals surface area contributed by atoms with Gasteiger partial charge in [-0.05, 0) is 37.2 Å². The molecule has 1 aromatic heterocycles. The zero-order valence-corrected chi connectivity index (χ0v) is 14.1. The van der Waals surface area contributed by atoms with Gasteiger partial charge >= 0.3 is 0 Å². The van der Waals surface area contributed by atoms with Gasteiger partial charge in [0.1, 0.15) is 10.9 Å². The highest BCUT2D eigenvalue weighted by Crippen LogP contribution is 2.37. The summed E-state index contributed by atoms with van der Waals surface area (Å²) in [5.74, 6) is 0.911. The van der Waals surface area contributed by atoms with E-state index in [-0.39, 0.29) is 5.84 Å². The molecular formula is C16H26N4S. The monoisotopic (exact) mass is 306 g/mol. The number of nitrogens with two attached hydrogens (primary N) is 1. The van der Waals surface area contributed by atoms with Gasteiger partial charge < -0.3 is 5.73 Å². The third-order valence-electron chi connectivity index (χ3n) is 4.25. The van der Waals surface area contributed by atoms with E-state index in [0.717, 1.165) is 40.6 Å². The molecule has 0 saturated heterocycles. The van der Waals surface area contributed by atoms with E-state index in [0.29, 0.717) is 5.25 Å². The van der Waals surface area contributed by atoms with Crippen molar-refractivity contribution in [2.24, 2.45) is 11.7 Å². The van der Waals surface area contributed by atoms with Gasteiger partial charge in [0, 0.05) is 5.25 Å². The summed E-state index contributed by atoms with van der Waals surface area (Å²) in [5.41, 5.74) is 8.75. The molecule has 0 aromatic carbocycles. The van der Waals surface area contributed by atoms with Crippen LogP contribution < -0.4 is 5.73 Å². The lowest BCUT2D eigenvalue weighted by Gasteiger charge is -2.26. The van der Waals surface area contributed by atoms with Crippen molar-refractivity contribution in [1.29, 1.82) is 5.41 Å². The largest absolute Gasteiger partial charge is 0.384 e. The first kappa shape index (κ1) is 16.3. The first-order valence-electron chi connectivity index (χ1n) is 7.96. The minimum absolute atomic E-state index is 0.128. The Morgan fingerprint density at radius 2 is 2.05 bits per heavy atom. The predicted molar refractivity (Wildman–Crippen MR) is 89.1 cm³/mol.